The maximum absolute atomic E-state index is 5.69. The fourth-order valence-electron chi connectivity index (χ4n) is 1.90. The summed E-state index contributed by atoms with van der Waals surface area (Å²) in [7, 11) is 1.98. The first kappa shape index (κ1) is 8.02. The van der Waals surface area contributed by atoms with Gasteiger partial charge in [-0.05, 0) is 18.8 Å². The van der Waals surface area contributed by atoms with Gasteiger partial charge < -0.3 is 0 Å². The van der Waals surface area contributed by atoms with E-state index in [0.29, 0.717) is 6.04 Å². The van der Waals surface area contributed by atoms with Crippen molar-refractivity contribution in [3.8, 4) is 0 Å². The van der Waals surface area contributed by atoms with Gasteiger partial charge in [0.1, 0.15) is 0 Å². The Morgan fingerprint density at radius 3 is 2.30 bits per heavy atom. The molecule has 2 N–H and O–H groups in total. The van der Waals surface area contributed by atoms with Crippen LogP contribution in [0, 0.1) is 5.92 Å². The van der Waals surface area contributed by atoms with Gasteiger partial charge in [-0.1, -0.05) is 19.8 Å². The van der Waals surface area contributed by atoms with Gasteiger partial charge in [-0.3, -0.25) is 5.84 Å². The van der Waals surface area contributed by atoms with Gasteiger partial charge in [-0.15, -0.1) is 0 Å². The smallest absolute Gasteiger partial charge is 0.0263 e. The monoisotopic (exact) mass is 142 g/mol. The van der Waals surface area contributed by atoms with Gasteiger partial charge in [-0.25, -0.2) is 5.01 Å². The lowest BCUT2D eigenvalue weighted by Gasteiger charge is -2.33. The van der Waals surface area contributed by atoms with Crippen molar-refractivity contribution in [2.24, 2.45) is 11.8 Å². The summed E-state index contributed by atoms with van der Waals surface area (Å²) < 4.78 is 0. The molecule has 0 aromatic heterocycles. The van der Waals surface area contributed by atoms with Crippen molar-refractivity contribution in [3.05, 3.63) is 0 Å². The summed E-state index contributed by atoms with van der Waals surface area (Å²) in [6.45, 7) is 2.30. The second-order valence-electron chi connectivity index (χ2n) is 3.49. The lowest BCUT2D eigenvalue weighted by atomic mass is 9.86. The molecule has 0 bridgehead atoms. The van der Waals surface area contributed by atoms with Crippen molar-refractivity contribution in [1.82, 2.24) is 5.01 Å². The highest BCUT2D eigenvalue weighted by Gasteiger charge is 2.22. The number of nitrogens with two attached hydrogens (primary N) is 1. The molecule has 1 aliphatic rings. The van der Waals surface area contributed by atoms with Crippen molar-refractivity contribution in [3.63, 3.8) is 0 Å². The van der Waals surface area contributed by atoms with Gasteiger partial charge in [0.15, 0.2) is 0 Å². The summed E-state index contributed by atoms with van der Waals surface area (Å²) in [6.07, 6.45) is 5.39. The Bertz CT molecular complexity index is 101. The first-order chi connectivity index (χ1) is 4.72. The Balaban J connectivity index is 2.40. The molecule has 0 heterocycles. The molecule has 2 unspecified atom stereocenters. The average Bonchev–Trinajstić information content (AvgIpc) is 1.88. The molecule has 0 saturated heterocycles. The van der Waals surface area contributed by atoms with Gasteiger partial charge in [-0.2, -0.15) is 0 Å². The van der Waals surface area contributed by atoms with E-state index in [-0.39, 0.29) is 0 Å². The molecule has 0 amide bonds. The average molecular weight is 142 g/mol. The second kappa shape index (κ2) is 3.35. The minimum Gasteiger partial charge on any atom is -0.269 e. The van der Waals surface area contributed by atoms with Crippen molar-refractivity contribution < 1.29 is 0 Å². The van der Waals surface area contributed by atoms with Crippen LogP contribution in [0.2, 0.25) is 0 Å². The minimum absolute atomic E-state index is 0.633. The van der Waals surface area contributed by atoms with Crippen LogP contribution in [0.5, 0.6) is 0 Å². The highest BCUT2D eigenvalue weighted by atomic mass is 15.4. The lowest BCUT2D eigenvalue weighted by molar-refractivity contribution is 0.141. The molecule has 1 saturated carbocycles. The molecular weight excluding hydrogens is 124 g/mol. The molecule has 2 atom stereocenters. The van der Waals surface area contributed by atoms with Crippen LogP contribution in [0.4, 0.5) is 0 Å². The maximum atomic E-state index is 5.69. The van der Waals surface area contributed by atoms with Crippen LogP contribution in [0.25, 0.3) is 0 Å². The van der Waals surface area contributed by atoms with Gasteiger partial charge in [0.05, 0.1) is 0 Å². The summed E-state index contributed by atoms with van der Waals surface area (Å²) in [5, 5.41) is 1.88. The number of rotatable bonds is 1. The maximum Gasteiger partial charge on any atom is 0.0263 e. The van der Waals surface area contributed by atoms with E-state index in [1.807, 2.05) is 12.1 Å². The Hall–Kier alpha value is -0.0800. The standard InChI is InChI=1S/C8H18N2/c1-7-5-3-4-6-8(7)10(2)9/h7-8H,3-6,9H2,1-2H3. The Morgan fingerprint density at radius 1 is 1.30 bits per heavy atom. The van der Waals surface area contributed by atoms with Crippen LogP contribution in [-0.4, -0.2) is 18.1 Å². The summed E-state index contributed by atoms with van der Waals surface area (Å²) in [4.78, 5) is 0. The predicted molar refractivity (Wildman–Crippen MR) is 43.4 cm³/mol. The van der Waals surface area contributed by atoms with Crippen LogP contribution in [-0.2, 0) is 0 Å². The number of hydrazine groups is 1. The molecule has 1 rings (SSSR count). The molecule has 1 aliphatic carbocycles. The molecule has 0 aromatic rings. The van der Waals surface area contributed by atoms with Crippen molar-refractivity contribution in [2.75, 3.05) is 7.05 Å². The largest absolute Gasteiger partial charge is 0.269 e. The van der Waals surface area contributed by atoms with Crippen LogP contribution in [0.15, 0.2) is 0 Å². The van der Waals surface area contributed by atoms with Crippen LogP contribution in [0.1, 0.15) is 32.6 Å². The normalized spacial score (nSPS) is 34.8. The quantitative estimate of drug-likeness (QED) is 0.442. The van der Waals surface area contributed by atoms with E-state index >= 15 is 0 Å². The van der Waals surface area contributed by atoms with Crippen molar-refractivity contribution >= 4 is 0 Å². The SMILES string of the molecule is CC1CCCCC1N(C)N. The van der Waals surface area contributed by atoms with E-state index in [9.17, 15) is 0 Å². The fraction of sp³-hybridized carbons (Fsp3) is 1.00. The summed E-state index contributed by atoms with van der Waals surface area (Å²) in [6, 6.07) is 0.633. The van der Waals surface area contributed by atoms with E-state index in [0.717, 1.165) is 5.92 Å². The molecule has 60 valence electrons. The van der Waals surface area contributed by atoms with Gasteiger partial charge >= 0.3 is 0 Å². The second-order valence-corrected chi connectivity index (χ2v) is 3.49. The number of nitrogens with zero attached hydrogens (tertiary/aromatic N) is 1. The molecule has 10 heavy (non-hydrogen) atoms. The van der Waals surface area contributed by atoms with Gasteiger partial charge in [0.2, 0.25) is 0 Å². The highest BCUT2D eigenvalue weighted by molar-refractivity contribution is 4.76. The molecule has 2 nitrogen and oxygen atoms in total. The molecular formula is C8H18N2. The van der Waals surface area contributed by atoms with Gasteiger partial charge in [0, 0.05) is 13.1 Å². The number of hydrogen-bond acceptors (Lipinski definition) is 2. The zero-order valence-electron chi connectivity index (χ0n) is 7.01. The predicted octanol–water partition coefficient (Wildman–Crippen LogP) is 1.37. The van der Waals surface area contributed by atoms with E-state index in [1.165, 1.54) is 25.7 Å². The third-order valence-electron chi connectivity index (χ3n) is 2.59. The Morgan fingerprint density at radius 2 is 1.90 bits per heavy atom. The topological polar surface area (TPSA) is 29.3 Å². The third-order valence-corrected chi connectivity index (χ3v) is 2.59. The van der Waals surface area contributed by atoms with E-state index in [1.54, 1.807) is 0 Å². The third kappa shape index (κ3) is 1.70. The number of hydrogen-bond donors (Lipinski definition) is 1. The molecule has 0 aromatic carbocycles. The van der Waals surface area contributed by atoms with E-state index < -0.39 is 0 Å². The Labute approximate surface area is 63.4 Å². The van der Waals surface area contributed by atoms with Crippen LogP contribution < -0.4 is 5.84 Å². The first-order valence-corrected chi connectivity index (χ1v) is 4.19. The first-order valence-electron chi connectivity index (χ1n) is 4.19. The lowest BCUT2D eigenvalue weighted by Crippen LogP contribution is -2.43. The Kier molecular flexibility index (Phi) is 2.69. The molecule has 0 spiro atoms. The zero-order valence-corrected chi connectivity index (χ0v) is 7.01. The fourth-order valence-corrected chi connectivity index (χ4v) is 1.90. The van der Waals surface area contributed by atoms with Crippen LogP contribution >= 0.6 is 0 Å². The molecule has 2 heteroatoms. The molecule has 1 fully saturated rings. The molecule has 0 aliphatic heterocycles. The highest BCUT2D eigenvalue weighted by Crippen LogP contribution is 2.25. The summed E-state index contributed by atoms with van der Waals surface area (Å²) in [5.41, 5.74) is 0. The van der Waals surface area contributed by atoms with E-state index in [4.69, 9.17) is 5.84 Å². The van der Waals surface area contributed by atoms with Crippen LogP contribution in [0.3, 0.4) is 0 Å². The molecule has 0 radical (unpaired) electrons. The minimum atomic E-state index is 0.633. The zero-order chi connectivity index (χ0) is 7.56. The summed E-state index contributed by atoms with van der Waals surface area (Å²) >= 11 is 0. The van der Waals surface area contributed by atoms with Crippen molar-refractivity contribution in [1.29, 1.82) is 0 Å². The van der Waals surface area contributed by atoms with E-state index in [2.05, 4.69) is 6.92 Å². The van der Waals surface area contributed by atoms with Crippen molar-refractivity contribution in [2.45, 2.75) is 38.6 Å². The summed E-state index contributed by atoms with van der Waals surface area (Å²) in [5.74, 6) is 6.49. The van der Waals surface area contributed by atoms with Gasteiger partial charge in [0.25, 0.3) is 0 Å².